The van der Waals surface area contributed by atoms with Crippen LogP contribution < -0.4 is 31.5 Å². The summed E-state index contributed by atoms with van der Waals surface area (Å²) in [4.78, 5) is 88.3. The molecule has 0 radical (unpaired) electrons. The van der Waals surface area contributed by atoms with Gasteiger partial charge < -0.3 is 61.3 Å². The fourth-order valence-electron chi connectivity index (χ4n) is 8.22. The molecule has 1 fully saturated rings. The highest BCUT2D eigenvalue weighted by Crippen LogP contribution is 2.60. The van der Waals surface area contributed by atoms with Crippen molar-refractivity contribution >= 4 is 74.5 Å². The molecule has 0 aliphatic carbocycles. The molecular weight excluding hydrogens is 990 g/mol. The molecule has 4 aliphatic heterocycles. The summed E-state index contributed by atoms with van der Waals surface area (Å²) in [5.74, 6) is -1.82. The zero-order chi connectivity index (χ0) is 51.8. The van der Waals surface area contributed by atoms with Gasteiger partial charge in [0.2, 0.25) is 5.91 Å². The van der Waals surface area contributed by atoms with Gasteiger partial charge in [0.15, 0.2) is 12.3 Å². The van der Waals surface area contributed by atoms with Gasteiger partial charge in [-0.05, 0) is 73.4 Å². The molecule has 0 spiro atoms. The van der Waals surface area contributed by atoms with Gasteiger partial charge in [-0.2, -0.15) is 9.30 Å². The Hall–Kier alpha value is -6.13. The van der Waals surface area contributed by atoms with Crippen molar-refractivity contribution in [2.45, 2.75) is 81.7 Å². The Kier molecular flexibility index (Phi) is 15.3. The number of ether oxygens (including phenoxy) is 1. The summed E-state index contributed by atoms with van der Waals surface area (Å²) >= 11 is 0. The molecule has 5 amide bonds. The van der Waals surface area contributed by atoms with Crippen molar-refractivity contribution in [3.05, 3.63) is 101 Å². The molecule has 3 aromatic carbocycles. The van der Waals surface area contributed by atoms with E-state index in [-0.39, 0.29) is 41.8 Å². The van der Waals surface area contributed by atoms with Crippen LogP contribution in [-0.4, -0.2) is 143 Å². The number of imidazole rings is 1. The van der Waals surface area contributed by atoms with Crippen molar-refractivity contribution in [3.63, 3.8) is 0 Å². The number of aryl methyl sites for hydroxylation is 3. The number of urea groups is 1. The fraction of sp³-hybridized carbons (Fsp3) is 0.372. The standard InChI is InChI=1S/C43H50N10O17P2/c1-21-14-26-27(15-22(21)2)53(31(56)13-10-23-8-11-25(12-9-23)48-40(60)24-6-4-3-5-7-24)33-39(49-43(62)50-41(33)61)51(26)16-28(54)34(57)29(55)17-67-71(63,64)70-72(65,66)68-18-30-35(58)36(59)42(69-30)52-20-47-32-37(44)45-19-46-38(32)52/h3-9,11-12,14-15,19-20,28-30,33-37,42,54-55,57-59H,10,13,16-18,44H2,1-2H3,(H,45,46)(H,48,60)(H,63,64)(H,65,66)(H,50,61,62)/t28-,29+,30+,33-,34-,35+,36+,37?,42+/m0/s1. The van der Waals surface area contributed by atoms with Crippen LogP contribution >= 0.6 is 15.6 Å². The number of aliphatic imine (C=N–C) groups is 2. The SMILES string of the molecule is Cc1cc2c(cc1C)N(C(=O)CCc1ccc(NC(=O)c3ccccc3)cc1)[C@@H]1C(=O)NC(=O)N=C1N2C[C@H](O)[C@H](O)[C@H](O)COP(=O)(O)OP(=O)(O)OC[C@H]1O[C@@H](n2cnc3c2NC=NC3N)[C@H](O)[C@@H]1O. The third-order valence-corrected chi connectivity index (χ3v) is 14.7. The molecule has 1 saturated heterocycles. The van der Waals surface area contributed by atoms with Crippen LogP contribution in [0.15, 0.2) is 83.0 Å². The molecule has 72 heavy (non-hydrogen) atoms. The molecule has 27 nitrogen and oxygen atoms in total. The second-order valence-electron chi connectivity index (χ2n) is 17.0. The number of nitrogens with two attached hydrogens (primary N) is 1. The Morgan fingerprint density at radius 2 is 1.61 bits per heavy atom. The van der Waals surface area contributed by atoms with Crippen LogP contribution in [0.1, 0.15) is 51.6 Å². The highest BCUT2D eigenvalue weighted by molar-refractivity contribution is 7.61. The number of nitrogens with one attached hydrogen (secondary N) is 3. The molecule has 5 heterocycles. The number of aliphatic hydroxyl groups excluding tert-OH is 5. The second kappa shape index (κ2) is 21.1. The van der Waals surface area contributed by atoms with Gasteiger partial charge >= 0.3 is 21.7 Å². The molecule has 0 saturated carbocycles. The van der Waals surface area contributed by atoms with Crippen molar-refractivity contribution in [2.75, 3.05) is 40.2 Å². The van der Waals surface area contributed by atoms with Crippen molar-refractivity contribution in [1.82, 2.24) is 14.9 Å². The van der Waals surface area contributed by atoms with Gasteiger partial charge in [0, 0.05) is 17.7 Å². The van der Waals surface area contributed by atoms with Crippen molar-refractivity contribution in [1.29, 1.82) is 0 Å². The van der Waals surface area contributed by atoms with E-state index < -0.39 is 108 Å². The second-order valence-corrected chi connectivity index (χ2v) is 20.1. The zero-order valence-electron chi connectivity index (χ0n) is 38.1. The maximum absolute atomic E-state index is 14.2. The number of β-amino-alcohol motifs (C(OH)–C–C–N with tert-alkyl or cyclic N) is 1. The van der Waals surface area contributed by atoms with Crippen LogP contribution in [0, 0.1) is 13.8 Å². The Balaban J connectivity index is 0.892. The summed E-state index contributed by atoms with van der Waals surface area (Å²) in [5, 5.41) is 62.2. The fourth-order valence-corrected chi connectivity index (χ4v) is 10.3. The molecule has 0 bridgehead atoms. The molecule has 29 heteroatoms. The van der Waals surface area contributed by atoms with Crippen LogP contribution in [0.3, 0.4) is 0 Å². The number of phosphoric ester groups is 2. The lowest BCUT2D eigenvalue weighted by atomic mass is 9.97. The van der Waals surface area contributed by atoms with E-state index in [1.165, 1.54) is 27.0 Å². The molecule has 8 rings (SSSR count). The zero-order valence-corrected chi connectivity index (χ0v) is 39.9. The van der Waals surface area contributed by atoms with Gasteiger partial charge in [0.05, 0.1) is 43.8 Å². The topological polar surface area (TPSA) is 392 Å². The molecule has 3 unspecified atom stereocenters. The molecule has 12 N–H and O–H groups in total. The van der Waals surface area contributed by atoms with E-state index in [4.69, 9.17) is 15.0 Å². The van der Waals surface area contributed by atoms with E-state index in [0.717, 1.165) is 5.56 Å². The van der Waals surface area contributed by atoms with Crippen LogP contribution in [0.25, 0.3) is 0 Å². The minimum Gasteiger partial charge on any atom is -0.388 e. The highest BCUT2D eigenvalue weighted by Gasteiger charge is 2.49. The number of benzene rings is 3. The molecule has 11 atom stereocenters. The van der Waals surface area contributed by atoms with Gasteiger partial charge in [-0.15, -0.1) is 0 Å². The first kappa shape index (κ1) is 52.2. The first-order valence-corrected chi connectivity index (χ1v) is 25.0. The van der Waals surface area contributed by atoms with Crippen LogP contribution in [0.5, 0.6) is 0 Å². The van der Waals surface area contributed by atoms with Crippen molar-refractivity contribution in [3.8, 4) is 0 Å². The summed E-state index contributed by atoms with van der Waals surface area (Å²) in [6, 6.07) is 16.0. The number of carbonyl (C=O) groups excluding carboxylic acids is 4. The lowest BCUT2D eigenvalue weighted by Crippen LogP contribution is -2.65. The highest BCUT2D eigenvalue weighted by atomic mass is 31.3. The van der Waals surface area contributed by atoms with Gasteiger partial charge in [-0.1, -0.05) is 30.3 Å². The first-order valence-electron chi connectivity index (χ1n) is 22.0. The Bertz CT molecular complexity index is 2890. The first-order chi connectivity index (χ1) is 34.1. The number of nitrogens with zero attached hydrogens (tertiary/aromatic N) is 6. The number of phosphoric acid groups is 2. The average Bonchev–Trinajstić information content (AvgIpc) is 3.90. The van der Waals surface area contributed by atoms with E-state index in [2.05, 4.69) is 39.8 Å². The molecule has 384 valence electrons. The number of hydrogen-bond acceptors (Lipinski definition) is 20. The Labute approximate surface area is 408 Å². The number of carbonyl (C=O) groups is 4. The predicted octanol–water partition coefficient (Wildman–Crippen LogP) is 0.619. The van der Waals surface area contributed by atoms with Gasteiger partial charge in [0.25, 0.3) is 11.8 Å². The van der Waals surface area contributed by atoms with E-state index in [0.29, 0.717) is 28.1 Å². The number of imide groups is 1. The van der Waals surface area contributed by atoms with Gasteiger partial charge in [-0.25, -0.2) is 18.9 Å². The van der Waals surface area contributed by atoms with Crippen LogP contribution in [-0.2, 0) is 43.2 Å². The van der Waals surface area contributed by atoms with E-state index >= 15 is 0 Å². The van der Waals surface area contributed by atoms with E-state index in [1.54, 1.807) is 80.6 Å². The predicted molar refractivity (Wildman–Crippen MR) is 253 cm³/mol. The van der Waals surface area contributed by atoms with E-state index in [9.17, 15) is 63.6 Å². The third kappa shape index (κ3) is 11.2. The third-order valence-electron chi connectivity index (χ3n) is 12.1. The number of rotatable bonds is 18. The molecular formula is C43H50N10O17P2. The molecule has 1 aromatic heterocycles. The summed E-state index contributed by atoms with van der Waals surface area (Å²) in [6.07, 6.45) is -10.8. The van der Waals surface area contributed by atoms with Crippen LogP contribution in [0.4, 0.5) is 27.7 Å². The number of fused-ring (bicyclic) bond motifs is 3. The van der Waals surface area contributed by atoms with Gasteiger partial charge in [-0.3, -0.25) is 43.2 Å². The number of amides is 5. The Morgan fingerprint density at radius 1 is 0.931 bits per heavy atom. The summed E-state index contributed by atoms with van der Waals surface area (Å²) in [6.45, 7) is 0.525. The summed E-state index contributed by atoms with van der Waals surface area (Å²) in [7, 11) is -11.2. The smallest absolute Gasteiger partial charge is 0.388 e. The molecule has 4 aliphatic rings. The maximum atomic E-state index is 14.2. The van der Waals surface area contributed by atoms with Crippen molar-refractivity contribution < 1.29 is 81.7 Å². The maximum Gasteiger partial charge on any atom is 0.481 e. The Morgan fingerprint density at radius 3 is 2.32 bits per heavy atom. The lowest BCUT2D eigenvalue weighted by Gasteiger charge is -2.45. The largest absolute Gasteiger partial charge is 0.481 e. The number of anilines is 4. The quantitative estimate of drug-likeness (QED) is 0.0608. The lowest BCUT2D eigenvalue weighted by molar-refractivity contribution is -0.124. The van der Waals surface area contributed by atoms with Gasteiger partial charge in [0.1, 0.15) is 60.1 Å². The summed E-state index contributed by atoms with van der Waals surface area (Å²) in [5.41, 5.74) is 9.61. The van der Waals surface area contributed by atoms with E-state index in [1.807, 2.05) is 0 Å². The van der Waals surface area contributed by atoms with Crippen molar-refractivity contribution in [2.24, 2.45) is 15.7 Å². The average molecular weight is 1040 g/mol. The normalized spacial score (nSPS) is 24.3. The minimum absolute atomic E-state index is 0.140. The summed E-state index contributed by atoms with van der Waals surface area (Å²) < 4.78 is 46.2. The number of amidine groups is 1. The number of aliphatic hydroxyl groups is 5. The molecule has 4 aromatic rings. The number of aromatic nitrogens is 2. The number of hydrogen-bond donors (Lipinski definition) is 11. The monoisotopic (exact) mass is 1040 g/mol. The van der Waals surface area contributed by atoms with Crippen LogP contribution in [0.2, 0.25) is 0 Å². The minimum atomic E-state index is -5.63.